The molecule has 2 rings (SSSR count). The summed E-state index contributed by atoms with van der Waals surface area (Å²) >= 11 is 0. The van der Waals surface area contributed by atoms with Gasteiger partial charge in [-0.05, 0) is 37.6 Å². The number of hydrogen-bond donors (Lipinski definition) is 2. The van der Waals surface area contributed by atoms with E-state index in [0.717, 1.165) is 11.3 Å². The number of aromatic amines is 1. The van der Waals surface area contributed by atoms with Crippen LogP contribution in [0.5, 0.6) is 0 Å². The Morgan fingerprint density at radius 1 is 1.40 bits per heavy atom. The molecule has 104 valence electrons. The minimum absolute atomic E-state index is 0.148. The third-order valence-electron chi connectivity index (χ3n) is 3.02. The Morgan fingerprint density at radius 3 is 2.70 bits per heavy atom. The molecule has 0 unspecified atom stereocenters. The van der Waals surface area contributed by atoms with Crippen LogP contribution >= 0.6 is 0 Å². The number of aryl methyl sites for hydroxylation is 2. The summed E-state index contributed by atoms with van der Waals surface area (Å²) in [4.78, 5) is 0.148. The summed E-state index contributed by atoms with van der Waals surface area (Å²) in [6.45, 7) is 3.70. The van der Waals surface area contributed by atoms with Gasteiger partial charge in [-0.15, -0.1) is 0 Å². The van der Waals surface area contributed by atoms with Gasteiger partial charge in [-0.1, -0.05) is 0 Å². The molecule has 0 saturated carbocycles. The highest BCUT2D eigenvalue weighted by molar-refractivity contribution is 7.89. The average Bonchev–Trinajstić information content (AvgIpc) is 2.82. The van der Waals surface area contributed by atoms with Crippen molar-refractivity contribution in [1.29, 1.82) is 5.26 Å². The lowest BCUT2D eigenvalue weighted by Gasteiger charge is -2.07. The van der Waals surface area contributed by atoms with Gasteiger partial charge in [0.15, 0.2) is 0 Å². The van der Waals surface area contributed by atoms with Gasteiger partial charge in [0.05, 0.1) is 22.7 Å². The van der Waals surface area contributed by atoms with Gasteiger partial charge in [0, 0.05) is 17.8 Å². The quantitative estimate of drug-likeness (QED) is 0.888. The first kappa shape index (κ1) is 14.2. The third-order valence-corrected chi connectivity index (χ3v) is 4.41. The molecular weight excluding hydrogens is 276 g/mol. The molecule has 20 heavy (non-hydrogen) atoms. The van der Waals surface area contributed by atoms with Gasteiger partial charge in [0.1, 0.15) is 0 Å². The molecule has 0 radical (unpaired) electrons. The Kier molecular flexibility index (Phi) is 3.88. The summed E-state index contributed by atoms with van der Waals surface area (Å²) in [5.74, 6) is 0. The summed E-state index contributed by atoms with van der Waals surface area (Å²) in [6, 6.07) is 6.43. The second-order valence-corrected chi connectivity index (χ2v) is 6.20. The fourth-order valence-electron chi connectivity index (χ4n) is 1.74. The van der Waals surface area contributed by atoms with E-state index in [1.165, 1.54) is 18.2 Å². The molecule has 0 atom stereocenters. The molecule has 0 bridgehead atoms. The highest BCUT2D eigenvalue weighted by Gasteiger charge is 2.15. The SMILES string of the molecule is Cc1cc(S(=O)(=O)NCc2cn[nH]c2C)ccc1C#N. The van der Waals surface area contributed by atoms with Crippen LogP contribution in [0.4, 0.5) is 0 Å². The molecule has 0 aliphatic carbocycles. The van der Waals surface area contributed by atoms with E-state index >= 15 is 0 Å². The fourth-order valence-corrected chi connectivity index (χ4v) is 2.83. The molecule has 1 heterocycles. The summed E-state index contributed by atoms with van der Waals surface area (Å²) in [5, 5.41) is 15.4. The lowest BCUT2D eigenvalue weighted by Crippen LogP contribution is -2.23. The van der Waals surface area contributed by atoms with Crippen LogP contribution in [0.25, 0.3) is 0 Å². The van der Waals surface area contributed by atoms with E-state index in [2.05, 4.69) is 14.9 Å². The zero-order valence-corrected chi connectivity index (χ0v) is 12.0. The molecule has 0 aliphatic rings. The number of benzene rings is 1. The number of aromatic nitrogens is 2. The van der Waals surface area contributed by atoms with Crippen molar-refractivity contribution in [1.82, 2.24) is 14.9 Å². The van der Waals surface area contributed by atoms with E-state index in [1.807, 2.05) is 13.0 Å². The Bertz CT molecular complexity index is 772. The highest BCUT2D eigenvalue weighted by Crippen LogP contribution is 2.15. The second-order valence-electron chi connectivity index (χ2n) is 4.43. The predicted octanol–water partition coefficient (Wildman–Crippen LogP) is 1.38. The van der Waals surface area contributed by atoms with Gasteiger partial charge in [-0.25, -0.2) is 13.1 Å². The summed E-state index contributed by atoms with van der Waals surface area (Å²) in [7, 11) is -3.60. The summed E-state index contributed by atoms with van der Waals surface area (Å²) < 4.78 is 26.8. The van der Waals surface area contributed by atoms with Crippen LogP contribution in [0.1, 0.15) is 22.4 Å². The number of rotatable bonds is 4. The molecule has 1 aromatic carbocycles. The van der Waals surface area contributed by atoms with Crippen molar-refractivity contribution < 1.29 is 8.42 Å². The van der Waals surface area contributed by atoms with Crippen LogP contribution in [0.15, 0.2) is 29.3 Å². The van der Waals surface area contributed by atoms with Crippen molar-refractivity contribution in [2.45, 2.75) is 25.3 Å². The van der Waals surface area contributed by atoms with Gasteiger partial charge < -0.3 is 0 Å². The molecule has 6 nitrogen and oxygen atoms in total. The van der Waals surface area contributed by atoms with Crippen LogP contribution in [-0.4, -0.2) is 18.6 Å². The zero-order chi connectivity index (χ0) is 14.8. The fraction of sp³-hybridized carbons (Fsp3) is 0.231. The minimum Gasteiger partial charge on any atom is -0.283 e. The predicted molar refractivity (Wildman–Crippen MR) is 73.2 cm³/mol. The molecule has 0 aliphatic heterocycles. The van der Waals surface area contributed by atoms with E-state index < -0.39 is 10.0 Å². The monoisotopic (exact) mass is 290 g/mol. The average molecular weight is 290 g/mol. The van der Waals surface area contributed by atoms with E-state index in [4.69, 9.17) is 5.26 Å². The van der Waals surface area contributed by atoms with Crippen LogP contribution < -0.4 is 4.72 Å². The lowest BCUT2D eigenvalue weighted by molar-refractivity contribution is 0.581. The molecule has 0 amide bonds. The molecule has 0 spiro atoms. The van der Waals surface area contributed by atoms with Crippen LogP contribution in [0, 0.1) is 25.2 Å². The number of nitrogens with zero attached hydrogens (tertiary/aromatic N) is 2. The highest BCUT2D eigenvalue weighted by atomic mass is 32.2. The van der Waals surface area contributed by atoms with Crippen molar-refractivity contribution in [2.24, 2.45) is 0 Å². The van der Waals surface area contributed by atoms with E-state index in [1.54, 1.807) is 13.1 Å². The van der Waals surface area contributed by atoms with Crippen LogP contribution in [-0.2, 0) is 16.6 Å². The molecule has 7 heteroatoms. The molecule has 0 saturated heterocycles. The van der Waals surface area contributed by atoms with Crippen molar-refractivity contribution in [3.05, 3.63) is 46.8 Å². The van der Waals surface area contributed by atoms with Crippen LogP contribution in [0.2, 0.25) is 0 Å². The molecular formula is C13H14N4O2S. The third kappa shape index (κ3) is 2.87. The number of nitrogens with one attached hydrogen (secondary N) is 2. The Morgan fingerprint density at radius 2 is 2.15 bits per heavy atom. The lowest BCUT2D eigenvalue weighted by atomic mass is 10.1. The second kappa shape index (κ2) is 5.45. The molecule has 0 fully saturated rings. The first-order valence-corrected chi connectivity index (χ1v) is 7.41. The smallest absolute Gasteiger partial charge is 0.240 e. The number of hydrogen-bond acceptors (Lipinski definition) is 4. The van der Waals surface area contributed by atoms with Gasteiger partial charge in [0.2, 0.25) is 10.0 Å². The topological polar surface area (TPSA) is 98.6 Å². The maximum atomic E-state index is 12.2. The van der Waals surface area contributed by atoms with Crippen molar-refractivity contribution in [2.75, 3.05) is 0 Å². The Labute approximate surface area is 117 Å². The van der Waals surface area contributed by atoms with Gasteiger partial charge in [0.25, 0.3) is 0 Å². The number of H-pyrrole nitrogens is 1. The normalized spacial score (nSPS) is 11.2. The Balaban J connectivity index is 2.21. The van der Waals surface area contributed by atoms with Crippen molar-refractivity contribution in [3.8, 4) is 6.07 Å². The van der Waals surface area contributed by atoms with Gasteiger partial charge in [-0.2, -0.15) is 10.4 Å². The summed E-state index contributed by atoms with van der Waals surface area (Å²) in [6.07, 6.45) is 1.59. The maximum absolute atomic E-state index is 12.2. The minimum atomic E-state index is -3.60. The summed E-state index contributed by atoms with van der Waals surface area (Å²) in [5.41, 5.74) is 2.71. The maximum Gasteiger partial charge on any atom is 0.240 e. The van der Waals surface area contributed by atoms with E-state index in [9.17, 15) is 8.42 Å². The van der Waals surface area contributed by atoms with E-state index in [0.29, 0.717) is 11.1 Å². The standard InChI is InChI=1S/C13H14N4O2S/c1-9-5-13(4-3-11(9)6-14)20(18,19)16-8-12-7-15-17-10(12)2/h3-5,7,16H,8H2,1-2H3,(H,15,17). The zero-order valence-electron chi connectivity index (χ0n) is 11.1. The molecule has 2 N–H and O–H groups in total. The first-order valence-electron chi connectivity index (χ1n) is 5.93. The number of sulfonamides is 1. The largest absolute Gasteiger partial charge is 0.283 e. The molecule has 2 aromatic rings. The Hall–Kier alpha value is -2.17. The first-order chi connectivity index (χ1) is 9.44. The molecule has 1 aromatic heterocycles. The van der Waals surface area contributed by atoms with Crippen molar-refractivity contribution >= 4 is 10.0 Å². The van der Waals surface area contributed by atoms with Crippen LogP contribution in [0.3, 0.4) is 0 Å². The van der Waals surface area contributed by atoms with Crippen molar-refractivity contribution in [3.63, 3.8) is 0 Å². The van der Waals surface area contributed by atoms with Gasteiger partial charge in [-0.3, -0.25) is 5.10 Å². The van der Waals surface area contributed by atoms with E-state index in [-0.39, 0.29) is 11.4 Å². The number of nitriles is 1. The van der Waals surface area contributed by atoms with Gasteiger partial charge >= 0.3 is 0 Å².